The van der Waals surface area contributed by atoms with Gasteiger partial charge in [-0.25, -0.2) is 4.98 Å². The Balaban J connectivity index is 1.78. The molecule has 4 rings (SSSR count). The number of ether oxygens (including phenoxy) is 2. The van der Waals surface area contributed by atoms with Crippen molar-refractivity contribution in [2.75, 3.05) is 33.4 Å². The summed E-state index contributed by atoms with van der Waals surface area (Å²) in [5.41, 5.74) is 3.97. The van der Waals surface area contributed by atoms with Crippen LogP contribution in [0.15, 0.2) is 48.7 Å². The van der Waals surface area contributed by atoms with Crippen LogP contribution in [0.25, 0.3) is 5.65 Å². The lowest BCUT2D eigenvalue weighted by atomic mass is 9.91. The summed E-state index contributed by atoms with van der Waals surface area (Å²) in [6.07, 6.45) is 2.24. The summed E-state index contributed by atoms with van der Waals surface area (Å²) >= 11 is 0. The van der Waals surface area contributed by atoms with Crippen molar-refractivity contribution in [2.45, 2.75) is 19.3 Å². The molecule has 1 aromatic carbocycles. The van der Waals surface area contributed by atoms with Gasteiger partial charge in [0, 0.05) is 42.9 Å². The van der Waals surface area contributed by atoms with Crippen molar-refractivity contribution in [1.82, 2.24) is 14.3 Å². The molecule has 0 radical (unpaired) electrons. The number of nitrogens with zero attached hydrogens (tertiary/aromatic N) is 3. The number of morpholine rings is 1. The number of aryl methyl sites for hydroxylation is 1. The number of methoxy groups -OCH3 is 1. The number of amides is 1. The van der Waals surface area contributed by atoms with Gasteiger partial charge in [-0.2, -0.15) is 0 Å². The maximum atomic E-state index is 13.1. The zero-order valence-electron chi connectivity index (χ0n) is 16.3. The topological polar surface area (TPSA) is 56.1 Å². The van der Waals surface area contributed by atoms with E-state index in [0.29, 0.717) is 32.7 Å². The van der Waals surface area contributed by atoms with Crippen LogP contribution in [-0.2, 0) is 9.53 Å². The minimum atomic E-state index is -0.150. The number of carbonyl (C=O) groups excluding carboxylic acids is 1. The van der Waals surface area contributed by atoms with E-state index in [-0.39, 0.29) is 11.8 Å². The minimum absolute atomic E-state index is 0.128. The molecule has 2 aromatic heterocycles. The Morgan fingerprint density at radius 3 is 2.75 bits per heavy atom. The molecule has 1 fully saturated rings. The highest BCUT2D eigenvalue weighted by atomic mass is 16.5. The normalized spacial score (nSPS) is 15.6. The van der Waals surface area contributed by atoms with E-state index in [2.05, 4.69) is 22.4 Å². The molecule has 1 atom stereocenters. The van der Waals surface area contributed by atoms with E-state index in [9.17, 15) is 4.79 Å². The molecule has 1 saturated heterocycles. The SMILES string of the molecule is COc1ccccc1C(CC(=O)N1CCOCC1)c1cnc2cccc(C)n12. The fourth-order valence-electron chi connectivity index (χ4n) is 3.92. The average molecular weight is 379 g/mol. The predicted molar refractivity (Wildman–Crippen MR) is 107 cm³/mol. The highest BCUT2D eigenvalue weighted by Crippen LogP contribution is 2.35. The van der Waals surface area contributed by atoms with Gasteiger partial charge in [-0.05, 0) is 25.1 Å². The molecular formula is C22H25N3O3. The molecular weight excluding hydrogens is 354 g/mol. The van der Waals surface area contributed by atoms with E-state index in [1.807, 2.05) is 47.5 Å². The number of hydrogen-bond donors (Lipinski definition) is 0. The highest BCUT2D eigenvalue weighted by Gasteiger charge is 2.28. The Hall–Kier alpha value is -2.86. The van der Waals surface area contributed by atoms with Crippen molar-refractivity contribution in [1.29, 1.82) is 0 Å². The first-order valence-corrected chi connectivity index (χ1v) is 9.60. The minimum Gasteiger partial charge on any atom is -0.496 e. The molecule has 28 heavy (non-hydrogen) atoms. The summed E-state index contributed by atoms with van der Waals surface area (Å²) in [4.78, 5) is 19.6. The summed E-state index contributed by atoms with van der Waals surface area (Å²) < 4.78 is 13.1. The fourth-order valence-corrected chi connectivity index (χ4v) is 3.92. The van der Waals surface area contributed by atoms with Crippen molar-refractivity contribution < 1.29 is 14.3 Å². The van der Waals surface area contributed by atoms with E-state index in [0.717, 1.165) is 28.3 Å². The first kappa shape index (κ1) is 18.5. The van der Waals surface area contributed by atoms with E-state index < -0.39 is 0 Å². The number of pyridine rings is 1. The maximum Gasteiger partial charge on any atom is 0.223 e. The zero-order chi connectivity index (χ0) is 19.5. The number of fused-ring (bicyclic) bond motifs is 1. The smallest absolute Gasteiger partial charge is 0.223 e. The third kappa shape index (κ3) is 3.47. The van der Waals surface area contributed by atoms with Crippen LogP contribution in [0.1, 0.15) is 29.3 Å². The summed E-state index contributed by atoms with van der Waals surface area (Å²) in [6, 6.07) is 14.0. The molecule has 1 amide bonds. The second-order valence-electron chi connectivity index (χ2n) is 7.04. The van der Waals surface area contributed by atoms with Gasteiger partial charge in [0.25, 0.3) is 0 Å². The summed E-state index contributed by atoms with van der Waals surface area (Å²) in [6.45, 7) is 4.54. The molecule has 6 nitrogen and oxygen atoms in total. The van der Waals surface area contributed by atoms with E-state index >= 15 is 0 Å². The number of aromatic nitrogens is 2. The Morgan fingerprint density at radius 2 is 1.96 bits per heavy atom. The van der Waals surface area contributed by atoms with Gasteiger partial charge in [0.15, 0.2) is 0 Å². The van der Waals surface area contributed by atoms with Gasteiger partial charge >= 0.3 is 0 Å². The molecule has 0 saturated carbocycles. The first-order valence-electron chi connectivity index (χ1n) is 9.60. The lowest BCUT2D eigenvalue weighted by Crippen LogP contribution is -2.41. The van der Waals surface area contributed by atoms with Gasteiger partial charge in [0.1, 0.15) is 11.4 Å². The van der Waals surface area contributed by atoms with Crippen LogP contribution in [0.3, 0.4) is 0 Å². The summed E-state index contributed by atoms with van der Waals surface area (Å²) in [7, 11) is 1.67. The van der Waals surface area contributed by atoms with E-state index in [1.54, 1.807) is 7.11 Å². The summed E-state index contributed by atoms with van der Waals surface area (Å²) in [5.74, 6) is 0.760. The van der Waals surface area contributed by atoms with E-state index in [4.69, 9.17) is 9.47 Å². The number of hydrogen-bond acceptors (Lipinski definition) is 4. The van der Waals surface area contributed by atoms with Crippen molar-refractivity contribution in [3.8, 4) is 5.75 Å². The van der Waals surface area contributed by atoms with Gasteiger partial charge in [-0.15, -0.1) is 0 Å². The molecule has 1 aliphatic rings. The molecule has 6 heteroatoms. The highest BCUT2D eigenvalue weighted by molar-refractivity contribution is 5.78. The van der Waals surface area contributed by atoms with Crippen molar-refractivity contribution in [3.05, 3.63) is 65.6 Å². The van der Waals surface area contributed by atoms with Gasteiger partial charge in [-0.1, -0.05) is 24.3 Å². The third-order valence-electron chi connectivity index (χ3n) is 5.37. The number of rotatable bonds is 5. The van der Waals surface area contributed by atoms with Crippen molar-refractivity contribution in [2.24, 2.45) is 0 Å². The van der Waals surface area contributed by atoms with Gasteiger partial charge < -0.3 is 18.8 Å². The molecule has 3 heterocycles. The lowest BCUT2D eigenvalue weighted by molar-refractivity contribution is -0.135. The van der Waals surface area contributed by atoms with E-state index in [1.165, 1.54) is 0 Å². The average Bonchev–Trinajstić information content (AvgIpc) is 3.18. The maximum absolute atomic E-state index is 13.1. The van der Waals surface area contributed by atoms with Gasteiger partial charge in [-0.3, -0.25) is 4.79 Å². The van der Waals surface area contributed by atoms with Crippen LogP contribution in [0, 0.1) is 6.92 Å². The second-order valence-corrected chi connectivity index (χ2v) is 7.04. The van der Waals surface area contributed by atoms with Crippen LogP contribution in [0.2, 0.25) is 0 Å². The number of benzene rings is 1. The van der Waals surface area contributed by atoms with Crippen LogP contribution in [-0.4, -0.2) is 53.6 Å². The standard InChI is InChI=1S/C22H25N3O3/c1-16-6-5-9-21-23-15-19(25(16)21)18(17-7-3-4-8-20(17)27-2)14-22(26)24-10-12-28-13-11-24/h3-9,15,18H,10-14H2,1-2H3. The quantitative estimate of drug-likeness (QED) is 0.684. The fraction of sp³-hybridized carbons (Fsp3) is 0.364. The second kappa shape index (κ2) is 8.02. The van der Waals surface area contributed by atoms with Crippen molar-refractivity contribution >= 4 is 11.6 Å². The number of carbonyl (C=O) groups is 1. The largest absolute Gasteiger partial charge is 0.496 e. The van der Waals surface area contributed by atoms with Gasteiger partial charge in [0.05, 0.1) is 26.0 Å². The number of imidazole rings is 1. The molecule has 1 unspecified atom stereocenters. The van der Waals surface area contributed by atoms with Crippen LogP contribution < -0.4 is 4.74 Å². The van der Waals surface area contributed by atoms with Crippen LogP contribution in [0.5, 0.6) is 5.75 Å². The molecule has 0 spiro atoms. The number of para-hydroxylation sites is 1. The monoisotopic (exact) mass is 379 g/mol. The molecule has 3 aromatic rings. The summed E-state index contributed by atoms with van der Waals surface area (Å²) in [5, 5.41) is 0. The first-order chi connectivity index (χ1) is 13.7. The Labute approximate surface area is 164 Å². The molecule has 0 aliphatic carbocycles. The third-order valence-corrected chi connectivity index (χ3v) is 5.37. The zero-order valence-corrected chi connectivity index (χ0v) is 16.3. The van der Waals surface area contributed by atoms with Crippen molar-refractivity contribution in [3.63, 3.8) is 0 Å². The predicted octanol–water partition coefficient (Wildman–Crippen LogP) is 3.03. The van der Waals surface area contributed by atoms with Crippen LogP contribution >= 0.6 is 0 Å². The Morgan fingerprint density at radius 1 is 1.18 bits per heavy atom. The lowest BCUT2D eigenvalue weighted by Gasteiger charge is -2.29. The molecule has 0 bridgehead atoms. The van der Waals surface area contributed by atoms with Crippen LogP contribution in [0.4, 0.5) is 0 Å². The molecule has 146 valence electrons. The Bertz CT molecular complexity index is 976. The molecule has 0 N–H and O–H groups in total. The molecule has 1 aliphatic heterocycles. The Kier molecular flexibility index (Phi) is 5.30. The van der Waals surface area contributed by atoms with Gasteiger partial charge in [0.2, 0.25) is 5.91 Å².